The number of pyridine rings is 2. The number of nitrogens with one attached hydrogen (secondary N) is 1. The molecule has 3 aromatic rings. The zero-order valence-corrected chi connectivity index (χ0v) is 14.7. The maximum absolute atomic E-state index is 6.05. The predicted octanol–water partition coefficient (Wildman–Crippen LogP) is 4.33. The highest BCUT2D eigenvalue weighted by Gasteiger charge is 2.16. The van der Waals surface area contributed by atoms with E-state index in [9.17, 15) is 0 Å². The SMILES string of the molecule is Clc1ccc2c(COc3cccc(C4CCNCC4)n3)ccnc2c1. The van der Waals surface area contributed by atoms with E-state index in [0.717, 1.165) is 48.1 Å². The fourth-order valence-corrected chi connectivity index (χ4v) is 3.48. The van der Waals surface area contributed by atoms with Crippen LogP contribution in [0.3, 0.4) is 0 Å². The van der Waals surface area contributed by atoms with Crippen molar-refractivity contribution < 1.29 is 4.74 Å². The van der Waals surface area contributed by atoms with E-state index < -0.39 is 0 Å². The van der Waals surface area contributed by atoms with Crippen LogP contribution in [0.25, 0.3) is 10.9 Å². The van der Waals surface area contributed by atoms with Gasteiger partial charge in [0.2, 0.25) is 5.88 Å². The largest absolute Gasteiger partial charge is 0.473 e. The highest BCUT2D eigenvalue weighted by molar-refractivity contribution is 6.31. The average molecular weight is 354 g/mol. The summed E-state index contributed by atoms with van der Waals surface area (Å²) in [6.07, 6.45) is 4.05. The molecule has 4 rings (SSSR count). The third-order valence-electron chi connectivity index (χ3n) is 4.67. The number of hydrogen-bond donors (Lipinski definition) is 1. The normalized spacial score (nSPS) is 15.4. The van der Waals surface area contributed by atoms with Crippen LogP contribution in [0.5, 0.6) is 5.88 Å². The molecule has 0 unspecified atom stereocenters. The van der Waals surface area contributed by atoms with E-state index >= 15 is 0 Å². The molecule has 3 heterocycles. The lowest BCUT2D eigenvalue weighted by atomic mass is 9.94. The third-order valence-corrected chi connectivity index (χ3v) is 4.91. The first-order chi connectivity index (χ1) is 12.3. The predicted molar refractivity (Wildman–Crippen MR) is 100 cm³/mol. The minimum atomic E-state index is 0.462. The number of benzene rings is 1. The Balaban J connectivity index is 1.52. The van der Waals surface area contributed by atoms with Crippen molar-refractivity contribution in [1.29, 1.82) is 0 Å². The van der Waals surface area contributed by atoms with Gasteiger partial charge in [0.25, 0.3) is 0 Å². The molecule has 1 N–H and O–H groups in total. The minimum absolute atomic E-state index is 0.462. The zero-order valence-electron chi connectivity index (χ0n) is 13.9. The van der Waals surface area contributed by atoms with Crippen LogP contribution in [0, 0.1) is 0 Å². The van der Waals surface area contributed by atoms with Crippen LogP contribution in [0.15, 0.2) is 48.7 Å². The van der Waals surface area contributed by atoms with Crippen molar-refractivity contribution in [2.75, 3.05) is 13.1 Å². The highest BCUT2D eigenvalue weighted by Crippen LogP contribution is 2.26. The van der Waals surface area contributed by atoms with Crippen LogP contribution in [-0.2, 0) is 6.61 Å². The highest BCUT2D eigenvalue weighted by atomic mass is 35.5. The fraction of sp³-hybridized carbons (Fsp3) is 0.300. The second-order valence-electron chi connectivity index (χ2n) is 6.35. The van der Waals surface area contributed by atoms with Crippen molar-refractivity contribution in [2.24, 2.45) is 0 Å². The molecular weight excluding hydrogens is 334 g/mol. The van der Waals surface area contributed by atoms with E-state index in [1.807, 2.05) is 36.4 Å². The Labute approximate surface area is 152 Å². The van der Waals surface area contributed by atoms with Crippen LogP contribution in [0.1, 0.15) is 30.0 Å². The van der Waals surface area contributed by atoms with Gasteiger partial charge in [-0.15, -0.1) is 0 Å². The van der Waals surface area contributed by atoms with Gasteiger partial charge in [0.05, 0.1) is 5.52 Å². The first-order valence-corrected chi connectivity index (χ1v) is 9.01. The molecule has 1 saturated heterocycles. The Morgan fingerprint density at radius 3 is 2.88 bits per heavy atom. The molecule has 0 atom stereocenters. The molecule has 0 radical (unpaired) electrons. The smallest absolute Gasteiger partial charge is 0.213 e. The first kappa shape index (κ1) is 16.3. The van der Waals surface area contributed by atoms with E-state index in [2.05, 4.69) is 16.4 Å². The van der Waals surface area contributed by atoms with Crippen LogP contribution < -0.4 is 10.1 Å². The number of ether oxygens (including phenoxy) is 1. The molecule has 2 aromatic heterocycles. The molecule has 0 amide bonds. The minimum Gasteiger partial charge on any atom is -0.473 e. The Morgan fingerprint density at radius 2 is 2.00 bits per heavy atom. The van der Waals surface area contributed by atoms with E-state index in [4.69, 9.17) is 21.3 Å². The summed E-state index contributed by atoms with van der Waals surface area (Å²) in [5.74, 6) is 1.20. The van der Waals surface area contributed by atoms with Gasteiger partial charge in [-0.05, 0) is 50.2 Å². The zero-order chi connectivity index (χ0) is 17.1. The van der Waals surface area contributed by atoms with Crippen molar-refractivity contribution in [3.05, 3.63) is 64.9 Å². The van der Waals surface area contributed by atoms with Crippen molar-refractivity contribution in [3.63, 3.8) is 0 Å². The molecule has 1 aliphatic rings. The second-order valence-corrected chi connectivity index (χ2v) is 6.78. The summed E-state index contributed by atoms with van der Waals surface area (Å²) in [6.45, 7) is 2.58. The number of fused-ring (bicyclic) bond motifs is 1. The summed E-state index contributed by atoms with van der Waals surface area (Å²) in [5, 5.41) is 5.14. The van der Waals surface area contributed by atoms with Crippen LogP contribution in [-0.4, -0.2) is 23.1 Å². The third kappa shape index (κ3) is 3.75. The van der Waals surface area contributed by atoms with Crippen molar-refractivity contribution in [3.8, 4) is 5.88 Å². The first-order valence-electron chi connectivity index (χ1n) is 8.63. The van der Waals surface area contributed by atoms with Gasteiger partial charge in [-0.25, -0.2) is 4.98 Å². The van der Waals surface area contributed by atoms with E-state index in [0.29, 0.717) is 23.4 Å². The van der Waals surface area contributed by atoms with Gasteiger partial charge in [0, 0.05) is 39.8 Å². The molecule has 0 spiro atoms. The summed E-state index contributed by atoms with van der Waals surface area (Å²) in [4.78, 5) is 9.09. The number of aromatic nitrogens is 2. The molecule has 0 bridgehead atoms. The summed E-state index contributed by atoms with van der Waals surface area (Å²) < 4.78 is 5.97. The Bertz CT molecular complexity index is 878. The molecule has 1 aliphatic heterocycles. The second kappa shape index (κ2) is 7.38. The number of piperidine rings is 1. The van der Waals surface area contributed by atoms with Crippen LogP contribution in [0.2, 0.25) is 5.02 Å². The van der Waals surface area contributed by atoms with Gasteiger partial charge in [0.1, 0.15) is 6.61 Å². The number of hydrogen-bond acceptors (Lipinski definition) is 4. The van der Waals surface area contributed by atoms with Gasteiger partial charge in [-0.3, -0.25) is 4.98 Å². The van der Waals surface area contributed by atoms with Crippen molar-refractivity contribution in [2.45, 2.75) is 25.4 Å². The topological polar surface area (TPSA) is 47.0 Å². The molecular formula is C20H20ClN3O. The molecule has 128 valence electrons. The van der Waals surface area contributed by atoms with Gasteiger partial charge < -0.3 is 10.1 Å². The molecule has 0 saturated carbocycles. The Hall–Kier alpha value is -2.17. The molecule has 5 heteroatoms. The van der Waals surface area contributed by atoms with E-state index in [1.54, 1.807) is 6.20 Å². The van der Waals surface area contributed by atoms with E-state index in [-0.39, 0.29) is 0 Å². The maximum atomic E-state index is 6.05. The van der Waals surface area contributed by atoms with E-state index in [1.165, 1.54) is 0 Å². The summed E-state index contributed by atoms with van der Waals surface area (Å²) >= 11 is 6.05. The summed E-state index contributed by atoms with van der Waals surface area (Å²) in [5.41, 5.74) is 3.09. The van der Waals surface area contributed by atoms with Crippen molar-refractivity contribution >= 4 is 22.5 Å². The van der Waals surface area contributed by atoms with Crippen LogP contribution in [0.4, 0.5) is 0 Å². The molecule has 0 aliphatic carbocycles. The molecule has 1 aromatic carbocycles. The van der Waals surface area contributed by atoms with Gasteiger partial charge in [0.15, 0.2) is 0 Å². The molecule has 25 heavy (non-hydrogen) atoms. The summed E-state index contributed by atoms with van der Waals surface area (Å²) in [6, 6.07) is 13.8. The standard InChI is InChI=1S/C20H20ClN3O/c21-16-4-5-17-15(8-11-23-19(17)12-16)13-25-20-3-1-2-18(24-20)14-6-9-22-10-7-14/h1-5,8,11-12,14,22H,6-7,9-10,13H2. The molecule has 4 nitrogen and oxygen atoms in total. The lowest BCUT2D eigenvalue weighted by molar-refractivity contribution is 0.293. The fourth-order valence-electron chi connectivity index (χ4n) is 3.31. The number of halogens is 1. The van der Waals surface area contributed by atoms with Crippen molar-refractivity contribution in [1.82, 2.24) is 15.3 Å². The summed E-state index contributed by atoms with van der Waals surface area (Å²) in [7, 11) is 0. The Kier molecular flexibility index (Phi) is 4.81. The number of rotatable bonds is 4. The van der Waals surface area contributed by atoms with Gasteiger partial charge >= 0.3 is 0 Å². The maximum Gasteiger partial charge on any atom is 0.213 e. The Morgan fingerprint density at radius 1 is 1.12 bits per heavy atom. The quantitative estimate of drug-likeness (QED) is 0.758. The lowest BCUT2D eigenvalue weighted by Crippen LogP contribution is -2.27. The van der Waals surface area contributed by atoms with Gasteiger partial charge in [-0.1, -0.05) is 23.7 Å². The van der Waals surface area contributed by atoms with Crippen LogP contribution >= 0.6 is 11.6 Å². The average Bonchev–Trinajstić information content (AvgIpc) is 2.67. The lowest BCUT2D eigenvalue weighted by Gasteiger charge is -2.22. The molecule has 1 fully saturated rings. The monoisotopic (exact) mass is 353 g/mol. The van der Waals surface area contributed by atoms with Gasteiger partial charge in [-0.2, -0.15) is 0 Å². The number of nitrogens with zero attached hydrogens (tertiary/aromatic N) is 2.